The van der Waals surface area contributed by atoms with Gasteiger partial charge in [-0.05, 0) is 43.2 Å². The highest BCUT2D eigenvalue weighted by Gasteiger charge is 2.14. The van der Waals surface area contributed by atoms with Gasteiger partial charge in [0.25, 0.3) is 0 Å². The summed E-state index contributed by atoms with van der Waals surface area (Å²) in [5.41, 5.74) is 2.42. The lowest BCUT2D eigenvalue weighted by Gasteiger charge is -2.17. The molecule has 0 fully saturated rings. The molecule has 0 aliphatic carbocycles. The van der Waals surface area contributed by atoms with Crippen LogP contribution in [0.5, 0.6) is 5.75 Å². The van der Waals surface area contributed by atoms with E-state index < -0.39 is 0 Å². The molecular weight excluding hydrogens is 258 g/mol. The molecule has 0 radical (unpaired) electrons. The number of methoxy groups -OCH3 is 1. The van der Waals surface area contributed by atoms with E-state index in [1.165, 1.54) is 7.11 Å². The molecule has 2 rings (SSSR count). The van der Waals surface area contributed by atoms with Crippen LogP contribution in [0.3, 0.4) is 0 Å². The molecule has 1 heterocycles. The minimum atomic E-state index is -0.359. The largest absolute Gasteiger partial charge is 0.490 e. The van der Waals surface area contributed by atoms with Crippen LogP contribution >= 0.6 is 0 Å². The third-order valence-electron chi connectivity index (χ3n) is 3.12. The van der Waals surface area contributed by atoms with Crippen molar-refractivity contribution in [1.82, 2.24) is 0 Å². The van der Waals surface area contributed by atoms with E-state index >= 15 is 0 Å². The first-order chi connectivity index (χ1) is 9.60. The Labute approximate surface area is 117 Å². The molecule has 0 saturated carbocycles. The molecule has 0 unspecified atom stereocenters. The molecule has 0 spiro atoms. The number of aryl methyl sites for hydroxylation is 1. The van der Waals surface area contributed by atoms with Crippen LogP contribution in [0, 0.1) is 0 Å². The first-order valence-electron chi connectivity index (χ1n) is 6.41. The summed E-state index contributed by atoms with van der Waals surface area (Å²) >= 11 is 0. The maximum atomic E-state index is 11.3. The van der Waals surface area contributed by atoms with Gasteiger partial charge in [-0.3, -0.25) is 4.79 Å². The second-order valence-electron chi connectivity index (χ2n) is 4.56. The predicted molar refractivity (Wildman–Crippen MR) is 74.7 cm³/mol. The van der Waals surface area contributed by atoms with Gasteiger partial charge in [0.05, 0.1) is 7.11 Å². The quantitative estimate of drug-likeness (QED) is 0.675. The van der Waals surface area contributed by atoms with Crippen LogP contribution < -0.4 is 10.1 Å². The Kier molecular flexibility index (Phi) is 4.40. The van der Waals surface area contributed by atoms with Crippen LogP contribution in [0.4, 0.5) is 5.69 Å². The molecule has 0 atom stereocenters. The molecule has 0 bridgehead atoms. The number of hydrogen-bond donors (Lipinski definition) is 1. The van der Waals surface area contributed by atoms with E-state index in [4.69, 9.17) is 4.74 Å². The van der Waals surface area contributed by atoms with Crippen molar-refractivity contribution in [3.05, 3.63) is 35.4 Å². The number of fused-ring (bicyclic) bond motifs is 1. The Morgan fingerprint density at radius 3 is 2.95 bits per heavy atom. The topological polar surface area (TPSA) is 64.6 Å². The van der Waals surface area contributed by atoms with Crippen molar-refractivity contribution in [2.45, 2.75) is 19.8 Å². The Morgan fingerprint density at radius 2 is 2.20 bits per heavy atom. The van der Waals surface area contributed by atoms with Gasteiger partial charge in [-0.15, -0.1) is 0 Å². The number of benzene rings is 1. The van der Waals surface area contributed by atoms with Gasteiger partial charge in [-0.25, -0.2) is 4.79 Å². The number of hydrogen-bond acceptors (Lipinski definition) is 4. The minimum Gasteiger partial charge on any atom is -0.490 e. The van der Waals surface area contributed by atoms with Crippen molar-refractivity contribution in [3.63, 3.8) is 0 Å². The number of nitrogens with one attached hydrogen (secondary N) is 1. The third-order valence-corrected chi connectivity index (χ3v) is 3.12. The van der Waals surface area contributed by atoms with Crippen molar-refractivity contribution in [2.24, 2.45) is 0 Å². The molecule has 5 heteroatoms. The minimum absolute atomic E-state index is 0.0443. The zero-order valence-corrected chi connectivity index (χ0v) is 11.6. The summed E-state index contributed by atoms with van der Waals surface area (Å²) in [5.74, 6) is 0.401. The van der Waals surface area contributed by atoms with Gasteiger partial charge in [-0.2, -0.15) is 0 Å². The second-order valence-corrected chi connectivity index (χ2v) is 4.56. The maximum Gasteiger partial charge on any atom is 0.333 e. The molecule has 0 saturated heterocycles. The Balaban J connectivity index is 1.98. The molecular formula is C15H17NO4. The first kappa shape index (κ1) is 14.1. The molecule has 20 heavy (non-hydrogen) atoms. The number of esters is 1. The standard InChI is InChI=1S/C15H17NO4/c1-10(15(18)19-2)7-8-20-12-4-5-13-11(9-12)3-6-14(17)16-13/h4-5,7,9H,3,6,8H2,1-2H3,(H,16,17). The maximum absolute atomic E-state index is 11.3. The fourth-order valence-corrected chi connectivity index (χ4v) is 1.96. The fourth-order valence-electron chi connectivity index (χ4n) is 1.96. The molecule has 1 aromatic carbocycles. The van der Waals surface area contributed by atoms with Crippen molar-refractivity contribution < 1.29 is 19.1 Å². The summed E-state index contributed by atoms with van der Waals surface area (Å²) in [4.78, 5) is 22.4. The smallest absolute Gasteiger partial charge is 0.333 e. The monoisotopic (exact) mass is 275 g/mol. The average Bonchev–Trinajstić information content (AvgIpc) is 2.46. The molecule has 1 amide bonds. The van der Waals surface area contributed by atoms with Crippen LogP contribution in [-0.4, -0.2) is 25.6 Å². The lowest BCUT2D eigenvalue weighted by Crippen LogP contribution is -2.18. The Bertz CT molecular complexity index is 563. The van der Waals surface area contributed by atoms with Crippen LogP contribution in [0.25, 0.3) is 0 Å². The van der Waals surface area contributed by atoms with Gasteiger partial charge in [0.2, 0.25) is 5.91 Å². The van der Waals surface area contributed by atoms with Crippen LogP contribution in [-0.2, 0) is 20.7 Å². The van der Waals surface area contributed by atoms with E-state index in [9.17, 15) is 9.59 Å². The number of anilines is 1. The summed E-state index contributed by atoms with van der Waals surface area (Å²) < 4.78 is 10.2. The molecule has 5 nitrogen and oxygen atoms in total. The highest BCUT2D eigenvalue weighted by molar-refractivity contribution is 5.94. The first-order valence-corrected chi connectivity index (χ1v) is 6.41. The van der Waals surface area contributed by atoms with E-state index in [0.29, 0.717) is 24.4 Å². The van der Waals surface area contributed by atoms with Gasteiger partial charge >= 0.3 is 5.97 Å². The number of carbonyl (C=O) groups is 2. The predicted octanol–water partition coefficient (Wildman–Crippen LogP) is 2.07. The Morgan fingerprint density at radius 1 is 1.40 bits per heavy atom. The third kappa shape index (κ3) is 3.38. The molecule has 106 valence electrons. The molecule has 1 aromatic rings. The van der Waals surface area contributed by atoms with Gasteiger partial charge in [0.1, 0.15) is 12.4 Å². The van der Waals surface area contributed by atoms with E-state index in [0.717, 1.165) is 17.7 Å². The number of amides is 1. The van der Waals surface area contributed by atoms with Gasteiger partial charge in [-0.1, -0.05) is 0 Å². The molecule has 1 N–H and O–H groups in total. The van der Waals surface area contributed by atoms with Gasteiger partial charge in [0.15, 0.2) is 0 Å². The van der Waals surface area contributed by atoms with E-state index in [1.807, 2.05) is 12.1 Å². The highest BCUT2D eigenvalue weighted by Crippen LogP contribution is 2.26. The number of rotatable bonds is 4. The van der Waals surface area contributed by atoms with Crippen LogP contribution in [0.2, 0.25) is 0 Å². The summed E-state index contributed by atoms with van der Waals surface area (Å²) in [6.45, 7) is 1.98. The summed E-state index contributed by atoms with van der Waals surface area (Å²) in [6, 6.07) is 5.54. The highest BCUT2D eigenvalue weighted by atomic mass is 16.5. The zero-order chi connectivity index (χ0) is 14.5. The van der Waals surface area contributed by atoms with Crippen molar-refractivity contribution >= 4 is 17.6 Å². The lowest BCUT2D eigenvalue weighted by molar-refractivity contribution is -0.136. The van der Waals surface area contributed by atoms with Crippen molar-refractivity contribution in [1.29, 1.82) is 0 Å². The molecule has 1 aliphatic heterocycles. The molecule has 0 aromatic heterocycles. The zero-order valence-electron chi connectivity index (χ0n) is 11.6. The average molecular weight is 275 g/mol. The summed E-state index contributed by atoms with van der Waals surface area (Å²) in [5, 5.41) is 2.82. The van der Waals surface area contributed by atoms with Crippen LogP contribution in [0.1, 0.15) is 18.9 Å². The second kappa shape index (κ2) is 6.23. The van der Waals surface area contributed by atoms with Crippen LogP contribution in [0.15, 0.2) is 29.8 Å². The van der Waals surface area contributed by atoms with E-state index in [1.54, 1.807) is 19.1 Å². The summed E-state index contributed by atoms with van der Waals surface area (Å²) in [7, 11) is 1.35. The van der Waals surface area contributed by atoms with E-state index in [2.05, 4.69) is 10.1 Å². The SMILES string of the molecule is COC(=O)C(C)=CCOc1ccc2c(c1)CCC(=O)N2. The fraction of sp³-hybridized carbons (Fsp3) is 0.333. The normalized spacial score (nSPS) is 14.3. The number of carbonyl (C=O) groups excluding carboxylic acids is 2. The Hall–Kier alpha value is -2.30. The van der Waals surface area contributed by atoms with E-state index in [-0.39, 0.29) is 11.9 Å². The van der Waals surface area contributed by atoms with Crippen molar-refractivity contribution in [2.75, 3.05) is 19.0 Å². The number of ether oxygens (including phenoxy) is 2. The summed E-state index contributed by atoms with van der Waals surface area (Å²) in [6.07, 6.45) is 2.89. The van der Waals surface area contributed by atoms with Gasteiger partial charge in [0, 0.05) is 17.7 Å². The lowest BCUT2D eigenvalue weighted by atomic mass is 10.0. The van der Waals surface area contributed by atoms with Gasteiger partial charge < -0.3 is 14.8 Å². The van der Waals surface area contributed by atoms with Crippen molar-refractivity contribution in [3.8, 4) is 5.75 Å². The molecule has 1 aliphatic rings.